The number of anilines is 3. The van der Waals surface area contributed by atoms with Crippen LogP contribution in [-0.4, -0.2) is 35.4 Å². The van der Waals surface area contributed by atoms with Crippen LogP contribution in [0.3, 0.4) is 0 Å². The zero-order valence-corrected chi connectivity index (χ0v) is 24.8. The van der Waals surface area contributed by atoms with Crippen LogP contribution in [0.25, 0.3) is 32.9 Å². The summed E-state index contributed by atoms with van der Waals surface area (Å²) in [6, 6.07) is 17.3. The molecular formula is C32H28F3N7OS. The van der Waals surface area contributed by atoms with E-state index in [1.807, 2.05) is 66.3 Å². The highest BCUT2D eigenvalue weighted by Crippen LogP contribution is 2.35. The van der Waals surface area contributed by atoms with Gasteiger partial charge in [-0.3, -0.25) is 9.67 Å². The zero-order chi connectivity index (χ0) is 31.1. The minimum atomic E-state index is -4.43. The van der Waals surface area contributed by atoms with Crippen molar-refractivity contribution in [2.45, 2.75) is 44.0 Å². The first-order valence-electron chi connectivity index (χ1n) is 13.7. The highest BCUT2D eigenvalue weighted by molar-refractivity contribution is 8.00. The van der Waals surface area contributed by atoms with Gasteiger partial charge in [0.05, 0.1) is 35.1 Å². The SMILES string of the molecule is Cc1c(-c2nccc3cnc(Nc4ccc(SNc5cc(C(F)(F)F)ccn5)cc4)cc23)ccc2c1cnn2CC(C)(C)O. The van der Waals surface area contributed by atoms with Crippen LogP contribution in [0.2, 0.25) is 0 Å². The van der Waals surface area contributed by atoms with Gasteiger partial charge in [-0.2, -0.15) is 18.3 Å². The number of aryl methyl sites for hydroxylation is 1. The summed E-state index contributed by atoms with van der Waals surface area (Å²) in [6.45, 7) is 5.94. The zero-order valence-electron chi connectivity index (χ0n) is 24.0. The van der Waals surface area contributed by atoms with Gasteiger partial charge >= 0.3 is 6.18 Å². The molecule has 6 aromatic rings. The van der Waals surface area contributed by atoms with Crippen molar-refractivity contribution in [2.75, 3.05) is 10.0 Å². The van der Waals surface area contributed by atoms with Crippen LogP contribution in [0.15, 0.2) is 90.3 Å². The molecule has 0 amide bonds. The van der Waals surface area contributed by atoms with Crippen LogP contribution < -0.4 is 10.0 Å². The summed E-state index contributed by atoms with van der Waals surface area (Å²) in [5, 5.41) is 21.0. The predicted molar refractivity (Wildman–Crippen MR) is 168 cm³/mol. The number of nitrogens with zero attached hydrogens (tertiary/aromatic N) is 5. The first-order valence-corrected chi connectivity index (χ1v) is 14.5. The van der Waals surface area contributed by atoms with Crippen molar-refractivity contribution in [2.24, 2.45) is 0 Å². The largest absolute Gasteiger partial charge is 0.416 e. The Morgan fingerprint density at radius 1 is 0.864 bits per heavy atom. The number of pyridine rings is 3. The average molecular weight is 616 g/mol. The first-order chi connectivity index (χ1) is 20.9. The molecule has 4 heterocycles. The van der Waals surface area contributed by atoms with E-state index in [1.165, 1.54) is 11.9 Å². The molecule has 0 aliphatic rings. The minimum absolute atomic E-state index is 0.120. The molecule has 0 bridgehead atoms. The molecule has 6 rings (SSSR count). The van der Waals surface area contributed by atoms with Crippen molar-refractivity contribution in [1.29, 1.82) is 0 Å². The topological polar surface area (TPSA) is 101 Å². The average Bonchev–Trinajstić information content (AvgIpc) is 3.38. The van der Waals surface area contributed by atoms with Crippen LogP contribution in [0, 0.1) is 6.92 Å². The molecule has 0 radical (unpaired) electrons. The Balaban J connectivity index is 1.22. The maximum Gasteiger partial charge on any atom is 0.416 e. The van der Waals surface area contributed by atoms with Crippen LogP contribution in [0.5, 0.6) is 0 Å². The molecule has 0 saturated carbocycles. The summed E-state index contributed by atoms with van der Waals surface area (Å²) in [7, 11) is 0. The Labute approximate surface area is 255 Å². The smallest absolute Gasteiger partial charge is 0.389 e. The molecule has 224 valence electrons. The van der Waals surface area contributed by atoms with E-state index in [0.29, 0.717) is 12.4 Å². The highest BCUT2D eigenvalue weighted by atomic mass is 32.2. The molecule has 8 nitrogen and oxygen atoms in total. The summed E-state index contributed by atoms with van der Waals surface area (Å²) < 4.78 is 43.6. The summed E-state index contributed by atoms with van der Waals surface area (Å²) in [5.74, 6) is 0.754. The number of hydrogen-bond donors (Lipinski definition) is 3. The van der Waals surface area contributed by atoms with Crippen LogP contribution in [0.1, 0.15) is 25.0 Å². The Morgan fingerprint density at radius 2 is 1.64 bits per heavy atom. The summed E-state index contributed by atoms with van der Waals surface area (Å²) in [6.07, 6.45) is 2.10. The number of halogens is 3. The van der Waals surface area contributed by atoms with Crippen molar-refractivity contribution < 1.29 is 18.3 Å². The van der Waals surface area contributed by atoms with Gasteiger partial charge in [0.25, 0.3) is 0 Å². The third kappa shape index (κ3) is 6.31. The van der Waals surface area contributed by atoms with Gasteiger partial charge in [0.15, 0.2) is 0 Å². The quantitative estimate of drug-likeness (QED) is 0.148. The Morgan fingerprint density at radius 3 is 2.39 bits per heavy atom. The van der Waals surface area contributed by atoms with Gasteiger partial charge in [-0.05, 0) is 92.9 Å². The molecule has 0 spiro atoms. The molecule has 12 heteroatoms. The second-order valence-electron chi connectivity index (χ2n) is 11.0. The Bertz CT molecular complexity index is 1970. The van der Waals surface area contributed by atoms with Gasteiger partial charge in [0.1, 0.15) is 11.6 Å². The second kappa shape index (κ2) is 11.4. The third-order valence-corrected chi connectivity index (χ3v) is 7.84. The molecule has 0 unspecified atom stereocenters. The third-order valence-electron chi connectivity index (χ3n) is 7.02. The van der Waals surface area contributed by atoms with Crippen molar-refractivity contribution in [1.82, 2.24) is 24.7 Å². The number of fused-ring (bicyclic) bond motifs is 2. The molecule has 0 aliphatic heterocycles. The lowest BCUT2D eigenvalue weighted by Gasteiger charge is -2.18. The number of aromatic nitrogens is 5. The maximum absolute atomic E-state index is 13.0. The van der Waals surface area contributed by atoms with Crippen molar-refractivity contribution in [3.8, 4) is 11.3 Å². The van der Waals surface area contributed by atoms with Crippen molar-refractivity contribution in [3.63, 3.8) is 0 Å². The molecular weight excluding hydrogens is 587 g/mol. The number of hydrogen-bond acceptors (Lipinski definition) is 8. The number of rotatable bonds is 8. The molecule has 2 aromatic carbocycles. The molecule has 0 saturated heterocycles. The Hall–Kier alpha value is -4.68. The second-order valence-corrected chi connectivity index (χ2v) is 11.9. The van der Waals surface area contributed by atoms with E-state index >= 15 is 0 Å². The lowest BCUT2D eigenvalue weighted by atomic mass is 9.98. The van der Waals surface area contributed by atoms with E-state index in [4.69, 9.17) is 4.98 Å². The first kappa shape index (κ1) is 29.4. The molecule has 0 fully saturated rings. The summed E-state index contributed by atoms with van der Waals surface area (Å²) in [5.41, 5.74) is 2.93. The van der Waals surface area contributed by atoms with Gasteiger partial charge < -0.3 is 15.1 Å². The van der Waals surface area contributed by atoms with Crippen LogP contribution in [0.4, 0.5) is 30.5 Å². The molecule has 4 aromatic heterocycles. The normalized spacial score (nSPS) is 12.2. The van der Waals surface area contributed by atoms with E-state index in [0.717, 1.165) is 67.4 Å². The fraction of sp³-hybridized carbons (Fsp3) is 0.188. The highest BCUT2D eigenvalue weighted by Gasteiger charge is 2.30. The van der Waals surface area contributed by atoms with Gasteiger partial charge in [0.2, 0.25) is 0 Å². The van der Waals surface area contributed by atoms with Gasteiger partial charge in [-0.25, -0.2) is 9.97 Å². The van der Waals surface area contributed by atoms with Gasteiger partial charge in [-0.15, -0.1) is 0 Å². The van der Waals surface area contributed by atoms with E-state index < -0.39 is 17.3 Å². The summed E-state index contributed by atoms with van der Waals surface area (Å²) in [4.78, 5) is 14.1. The maximum atomic E-state index is 13.0. The number of nitrogens with one attached hydrogen (secondary N) is 2. The molecule has 3 N–H and O–H groups in total. The van der Waals surface area contributed by atoms with Crippen LogP contribution in [-0.2, 0) is 12.7 Å². The van der Waals surface area contributed by atoms with Crippen molar-refractivity contribution >= 4 is 50.9 Å². The van der Waals surface area contributed by atoms with Crippen molar-refractivity contribution in [3.05, 3.63) is 96.6 Å². The fourth-order valence-corrected chi connectivity index (χ4v) is 5.52. The lowest BCUT2D eigenvalue weighted by molar-refractivity contribution is -0.137. The number of alkyl halides is 3. The molecule has 44 heavy (non-hydrogen) atoms. The fourth-order valence-electron chi connectivity index (χ4n) is 4.92. The molecule has 0 aliphatic carbocycles. The number of aliphatic hydroxyl groups is 1. The number of benzene rings is 2. The summed E-state index contributed by atoms with van der Waals surface area (Å²) >= 11 is 1.17. The molecule has 0 atom stereocenters. The minimum Gasteiger partial charge on any atom is -0.389 e. The standard InChI is InChI=1S/C32H28F3N7OS/c1-19-24(8-9-27-26(19)17-39-42(27)18-31(2,3)43)30-25-15-28(38-16-20(25)10-12-37-30)40-22-4-6-23(7-5-22)44-41-29-14-21(11-13-36-29)32(33,34)35/h4-17,43H,18H2,1-3H3,(H,36,41)(H,38,40). The lowest BCUT2D eigenvalue weighted by Crippen LogP contribution is -2.26. The Kier molecular flexibility index (Phi) is 7.64. The predicted octanol–water partition coefficient (Wildman–Crippen LogP) is 8.00. The van der Waals surface area contributed by atoms with E-state index in [9.17, 15) is 18.3 Å². The monoisotopic (exact) mass is 615 g/mol. The van der Waals surface area contributed by atoms with Crippen LogP contribution >= 0.6 is 11.9 Å². The van der Waals surface area contributed by atoms with E-state index in [-0.39, 0.29) is 5.82 Å². The van der Waals surface area contributed by atoms with E-state index in [1.54, 1.807) is 26.2 Å². The van der Waals surface area contributed by atoms with Gasteiger partial charge in [0, 0.05) is 50.9 Å². The van der Waals surface area contributed by atoms with E-state index in [2.05, 4.69) is 25.1 Å². The van der Waals surface area contributed by atoms with Gasteiger partial charge in [-0.1, -0.05) is 6.07 Å².